The monoisotopic (exact) mass is 281 g/mol. The van der Waals surface area contributed by atoms with E-state index in [4.69, 9.17) is 0 Å². The van der Waals surface area contributed by atoms with Gasteiger partial charge >= 0.3 is 0 Å². The molecule has 110 valence electrons. The van der Waals surface area contributed by atoms with Crippen LogP contribution in [-0.2, 0) is 0 Å². The van der Waals surface area contributed by atoms with E-state index in [1.54, 1.807) is 0 Å². The van der Waals surface area contributed by atoms with Crippen LogP contribution in [0, 0.1) is 0 Å². The molecule has 0 atom stereocenters. The zero-order valence-corrected chi connectivity index (χ0v) is 12.9. The molecule has 2 heteroatoms. The Morgan fingerprint density at radius 3 is 2.05 bits per heavy atom. The van der Waals surface area contributed by atoms with Crippen molar-refractivity contribution in [2.75, 3.05) is 18.0 Å². The van der Waals surface area contributed by atoms with Crippen LogP contribution in [0.25, 0.3) is 0 Å². The Bertz CT molecular complexity index is 571. The van der Waals surface area contributed by atoms with Crippen LogP contribution >= 0.6 is 0 Å². The SMILES string of the molecule is CCCN(CCC)c1ccccc1C(=O)c1ccccc1. The maximum atomic E-state index is 12.8. The van der Waals surface area contributed by atoms with Crippen molar-refractivity contribution < 1.29 is 4.79 Å². The average molecular weight is 281 g/mol. The smallest absolute Gasteiger partial charge is 0.195 e. The van der Waals surface area contributed by atoms with E-state index in [0.717, 1.165) is 42.7 Å². The van der Waals surface area contributed by atoms with Crippen molar-refractivity contribution >= 4 is 11.5 Å². The highest BCUT2D eigenvalue weighted by Crippen LogP contribution is 2.24. The third-order valence-electron chi connectivity index (χ3n) is 3.51. The number of rotatable bonds is 7. The first-order chi connectivity index (χ1) is 10.3. The van der Waals surface area contributed by atoms with Gasteiger partial charge < -0.3 is 4.90 Å². The Hall–Kier alpha value is -2.09. The largest absolute Gasteiger partial charge is 0.371 e. The predicted octanol–water partition coefficient (Wildman–Crippen LogP) is 4.54. The normalized spacial score (nSPS) is 10.4. The van der Waals surface area contributed by atoms with Crippen molar-refractivity contribution in [3.8, 4) is 0 Å². The lowest BCUT2D eigenvalue weighted by Gasteiger charge is -2.26. The number of nitrogens with zero attached hydrogens (tertiary/aromatic N) is 1. The molecule has 2 nitrogen and oxygen atoms in total. The van der Waals surface area contributed by atoms with Crippen molar-refractivity contribution in [3.05, 3.63) is 65.7 Å². The van der Waals surface area contributed by atoms with Crippen molar-refractivity contribution in [2.45, 2.75) is 26.7 Å². The van der Waals surface area contributed by atoms with Gasteiger partial charge in [0.15, 0.2) is 5.78 Å². The van der Waals surface area contributed by atoms with Crippen molar-refractivity contribution in [2.24, 2.45) is 0 Å². The van der Waals surface area contributed by atoms with Crippen LogP contribution in [0.15, 0.2) is 54.6 Å². The van der Waals surface area contributed by atoms with Crippen LogP contribution in [0.5, 0.6) is 0 Å². The fraction of sp³-hybridized carbons (Fsp3) is 0.316. The molecule has 0 bridgehead atoms. The molecule has 0 amide bonds. The summed E-state index contributed by atoms with van der Waals surface area (Å²) in [6, 6.07) is 17.4. The second-order valence-corrected chi connectivity index (χ2v) is 5.20. The summed E-state index contributed by atoms with van der Waals surface area (Å²) in [6.45, 7) is 6.30. The number of para-hydroxylation sites is 1. The summed E-state index contributed by atoms with van der Waals surface area (Å²) in [5, 5.41) is 0. The molecule has 0 unspecified atom stereocenters. The molecular weight excluding hydrogens is 258 g/mol. The first-order valence-electron chi connectivity index (χ1n) is 7.71. The van der Waals surface area contributed by atoms with E-state index in [2.05, 4.69) is 24.8 Å². The standard InChI is InChI=1S/C19H23NO/c1-3-14-20(15-4-2)18-13-9-8-12-17(18)19(21)16-10-6-5-7-11-16/h5-13H,3-4,14-15H2,1-2H3. The summed E-state index contributed by atoms with van der Waals surface area (Å²) in [5.41, 5.74) is 2.60. The van der Waals surface area contributed by atoms with E-state index in [1.807, 2.05) is 48.5 Å². The summed E-state index contributed by atoms with van der Waals surface area (Å²) in [4.78, 5) is 15.1. The zero-order valence-electron chi connectivity index (χ0n) is 12.9. The second-order valence-electron chi connectivity index (χ2n) is 5.20. The zero-order chi connectivity index (χ0) is 15.1. The van der Waals surface area contributed by atoms with E-state index < -0.39 is 0 Å². The highest BCUT2D eigenvalue weighted by molar-refractivity contribution is 6.12. The van der Waals surface area contributed by atoms with Gasteiger partial charge in [-0.1, -0.05) is 56.3 Å². The highest BCUT2D eigenvalue weighted by atomic mass is 16.1. The molecule has 0 saturated heterocycles. The molecular formula is C19H23NO. The lowest BCUT2D eigenvalue weighted by atomic mass is 10.0. The van der Waals surface area contributed by atoms with Gasteiger partial charge in [0, 0.05) is 29.9 Å². The van der Waals surface area contributed by atoms with Crippen LogP contribution in [0.1, 0.15) is 42.6 Å². The molecule has 21 heavy (non-hydrogen) atoms. The molecule has 0 radical (unpaired) electrons. The van der Waals surface area contributed by atoms with Gasteiger partial charge in [-0.05, 0) is 25.0 Å². The Morgan fingerprint density at radius 1 is 0.857 bits per heavy atom. The number of carbonyl (C=O) groups excluding carboxylic acids is 1. The molecule has 0 aromatic heterocycles. The van der Waals surface area contributed by atoms with Crippen molar-refractivity contribution in [1.29, 1.82) is 0 Å². The van der Waals surface area contributed by atoms with E-state index in [1.165, 1.54) is 0 Å². The molecule has 2 rings (SSSR count). The van der Waals surface area contributed by atoms with Crippen LogP contribution in [0.3, 0.4) is 0 Å². The van der Waals surface area contributed by atoms with Gasteiger partial charge in [0.25, 0.3) is 0 Å². The third kappa shape index (κ3) is 3.72. The topological polar surface area (TPSA) is 20.3 Å². The maximum absolute atomic E-state index is 12.8. The van der Waals surface area contributed by atoms with Crippen LogP contribution in [-0.4, -0.2) is 18.9 Å². The number of benzene rings is 2. The molecule has 0 aliphatic carbocycles. The van der Waals surface area contributed by atoms with Crippen LogP contribution < -0.4 is 4.90 Å². The number of carbonyl (C=O) groups is 1. The van der Waals surface area contributed by atoms with Crippen LogP contribution in [0.2, 0.25) is 0 Å². The molecule has 0 spiro atoms. The summed E-state index contributed by atoms with van der Waals surface area (Å²) in [5.74, 6) is 0.100. The van der Waals surface area contributed by atoms with E-state index in [0.29, 0.717) is 0 Å². The molecule has 0 aliphatic rings. The summed E-state index contributed by atoms with van der Waals surface area (Å²) in [6.07, 6.45) is 2.15. The minimum Gasteiger partial charge on any atom is -0.371 e. The molecule has 0 aliphatic heterocycles. The molecule has 2 aromatic carbocycles. The highest BCUT2D eigenvalue weighted by Gasteiger charge is 2.16. The number of hydrogen-bond acceptors (Lipinski definition) is 2. The maximum Gasteiger partial charge on any atom is 0.195 e. The van der Waals surface area contributed by atoms with Gasteiger partial charge in [-0.2, -0.15) is 0 Å². The van der Waals surface area contributed by atoms with Crippen molar-refractivity contribution in [1.82, 2.24) is 0 Å². The molecule has 0 saturated carbocycles. The third-order valence-corrected chi connectivity index (χ3v) is 3.51. The molecule has 0 heterocycles. The Morgan fingerprint density at radius 2 is 1.43 bits per heavy atom. The minimum absolute atomic E-state index is 0.100. The fourth-order valence-corrected chi connectivity index (χ4v) is 2.58. The quantitative estimate of drug-likeness (QED) is 0.694. The van der Waals surface area contributed by atoms with E-state index in [-0.39, 0.29) is 5.78 Å². The predicted molar refractivity (Wildman–Crippen MR) is 89.1 cm³/mol. The van der Waals surface area contributed by atoms with Crippen molar-refractivity contribution in [3.63, 3.8) is 0 Å². The Labute approximate surface area is 127 Å². The van der Waals surface area contributed by atoms with Crippen LogP contribution in [0.4, 0.5) is 5.69 Å². The van der Waals surface area contributed by atoms with Gasteiger partial charge in [-0.15, -0.1) is 0 Å². The van der Waals surface area contributed by atoms with E-state index in [9.17, 15) is 4.79 Å². The first kappa shape index (κ1) is 15.3. The lowest BCUT2D eigenvalue weighted by Crippen LogP contribution is -2.26. The lowest BCUT2D eigenvalue weighted by molar-refractivity contribution is 0.103. The van der Waals surface area contributed by atoms with Gasteiger partial charge in [-0.3, -0.25) is 4.79 Å². The Balaban J connectivity index is 2.38. The molecule has 0 fully saturated rings. The molecule has 2 aromatic rings. The van der Waals surface area contributed by atoms with Gasteiger partial charge in [-0.25, -0.2) is 0 Å². The average Bonchev–Trinajstić information content (AvgIpc) is 2.55. The first-order valence-corrected chi connectivity index (χ1v) is 7.71. The minimum atomic E-state index is 0.100. The fourth-order valence-electron chi connectivity index (χ4n) is 2.58. The van der Waals surface area contributed by atoms with Gasteiger partial charge in [0.1, 0.15) is 0 Å². The second kappa shape index (κ2) is 7.63. The number of hydrogen-bond donors (Lipinski definition) is 0. The van der Waals surface area contributed by atoms with E-state index >= 15 is 0 Å². The van der Waals surface area contributed by atoms with Gasteiger partial charge in [0.2, 0.25) is 0 Å². The Kier molecular flexibility index (Phi) is 5.56. The number of ketones is 1. The summed E-state index contributed by atoms with van der Waals surface area (Å²) >= 11 is 0. The number of anilines is 1. The molecule has 0 N–H and O–H groups in total. The summed E-state index contributed by atoms with van der Waals surface area (Å²) in [7, 11) is 0. The van der Waals surface area contributed by atoms with Gasteiger partial charge in [0.05, 0.1) is 0 Å². The summed E-state index contributed by atoms with van der Waals surface area (Å²) < 4.78 is 0.